The molecule has 0 spiro atoms. The molecule has 100 valence electrons. The third kappa shape index (κ3) is 3.45. The molecule has 1 aromatic carbocycles. The van der Waals surface area contributed by atoms with Gasteiger partial charge in [-0.2, -0.15) is 0 Å². The fraction of sp³-hybridized carbons (Fsp3) is 0.308. The predicted octanol–water partition coefficient (Wildman–Crippen LogP) is 3.69. The van der Waals surface area contributed by atoms with Crippen LogP contribution < -0.4 is 0 Å². The van der Waals surface area contributed by atoms with E-state index in [0.29, 0.717) is 0 Å². The van der Waals surface area contributed by atoms with Crippen LogP contribution in [0.3, 0.4) is 0 Å². The van der Waals surface area contributed by atoms with Crippen LogP contribution in [0.15, 0.2) is 27.7 Å². The van der Waals surface area contributed by atoms with E-state index in [1.165, 1.54) is 11.8 Å². The molecular weight excluding hydrogens is 328 g/mol. The highest BCUT2D eigenvalue weighted by atomic mass is 79.9. The van der Waals surface area contributed by atoms with Gasteiger partial charge < -0.3 is 5.11 Å². The highest BCUT2D eigenvalue weighted by Gasteiger charge is 2.12. The molecule has 0 aliphatic carbocycles. The lowest BCUT2D eigenvalue weighted by Gasteiger charge is -2.09. The van der Waals surface area contributed by atoms with Gasteiger partial charge in [-0.05, 0) is 18.2 Å². The number of hydrogen-bond acceptors (Lipinski definition) is 4. The molecule has 19 heavy (non-hydrogen) atoms. The quantitative estimate of drug-likeness (QED) is 0.679. The topological polar surface area (TPSA) is 63.1 Å². The van der Waals surface area contributed by atoms with Crippen LogP contribution in [0.4, 0.5) is 0 Å². The summed E-state index contributed by atoms with van der Waals surface area (Å²) in [5.41, 5.74) is 0.834. The predicted molar refractivity (Wildman–Crippen MR) is 79.7 cm³/mol. The monoisotopic (exact) mass is 340 g/mol. The van der Waals surface area contributed by atoms with Crippen molar-refractivity contribution >= 4 is 44.6 Å². The van der Waals surface area contributed by atoms with E-state index in [-0.39, 0.29) is 11.7 Å². The Labute approximate surface area is 123 Å². The smallest absolute Gasteiger partial charge is 0.313 e. The summed E-state index contributed by atoms with van der Waals surface area (Å²) >= 11 is 4.65. The first-order valence-corrected chi connectivity index (χ1v) is 7.57. The zero-order chi connectivity index (χ0) is 14.0. The largest absolute Gasteiger partial charge is 0.481 e. The third-order valence-electron chi connectivity index (χ3n) is 2.49. The summed E-state index contributed by atoms with van der Waals surface area (Å²) in [6, 6.07) is 5.74. The molecule has 6 heteroatoms. The molecule has 1 aromatic heterocycles. The van der Waals surface area contributed by atoms with Gasteiger partial charge in [0.15, 0.2) is 0 Å². The number of thioether (sulfide) groups is 1. The number of rotatable bonds is 4. The Morgan fingerprint density at radius 1 is 1.42 bits per heavy atom. The minimum absolute atomic E-state index is 0.000285. The zero-order valence-electron chi connectivity index (χ0n) is 10.6. The molecule has 0 radical (unpaired) electrons. The van der Waals surface area contributed by atoms with E-state index in [4.69, 9.17) is 5.11 Å². The number of hydrogen-bond donors (Lipinski definition) is 1. The highest BCUT2D eigenvalue weighted by molar-refractivity contribution is 9.10. The molecule has 0 saturated carbocycles. The lowest BCUT2D eigenvalue weighted by atomic mass is 10.2. The third-order valence-corrected chi connectivity index (χ3v) is 3.96. The second-order valence-corrected chi connectivity index (χ2v) is 6.27. The summed E-state index contributed by atoms with van der Waals surface area (Å²) in [5, 5.41) is 10.4. The maximum absolute atomic E-state index is 10.7. The van der Waals surface area contributed by atoms with Gasteiger partial charge in [0.05, 0.1) is 11.3 Å². The lowest BCUT2D eigenvalue weighted by molar-refractivity contribution is -0.133. The Morgan fingerprint density at radius 2 is 2.16 bits per heavy atom. The average Bonchev–Trinajstić information content (AvgIpc) is 2.34. The van der Waals surface area contributed by atoms with Crippen molar-refractivity contribution in [3.05, 3.63) is 28.5 Å². The van der Waals surface area contributed by atoms with Gasteiger partial charge in [0, 0.05) is 15.8 Å². The van der Waals surface area contributed by atoms with Crippen molar-refractivity contribution in [3.8, 4) is 0 Å². The van der Waals surface area contributed by atoms with Crippen LogP contribution in [0.1, 0.15) is 25.6 Å². The first-order chi connectivity index (χ1) is 8.97. The number of fused-ring (bicyclic) bond motifs is 1. The molecule has 2 rings (SSSR count). The van der Waals surface area contributed by atoms with E-state index in [1.807, 2.05) is 32.0 Å². The minimum Gasteiger partial charge on any atom is -0.481 e. The highest BCUT2D eigenvalue weighted by Crippen LogP contribution is 2.28. The van der Waals surface area contributed by atoms with Gasteiger partial charge >= 0.3 is 5.97 Å². The van der Waals surface area contributed by atoms with Crippen molar-refractivity contribution in [2.75, 3.05) is 5.75 Å². The Morgan fingerprint density at radius 3 is 2.79 bits per heavy atom. The Hall–Kier alpha value is -1.14. The number of benzene rings is 1. The van der Waals surface area contributed by atoms with E-state index in [0.717, 1.165) is 26.2 Å². The normalized spacial score (nSPS) is 11.2. The van der Waals surface area contributed by atoms with Crippen LogP contribution in [0.5, 0.6) is 0 Å². The van der Waals surface area contributed by atoms with Gasteiger partial charge in [0.2, 0.25) is 0 Å². The molecule has 1 N–H and O–H groups in total. The fourth-order valence-electron chi connectivity index (χ4n) is 1.59. The van der Waals surface area contributed by atoms with E-state index in [2.05, 4.69) is 25.9 Å². The summed E-state index contributed by atoms with van der Waals surface area (Å²) in [6.07, 6.45) is 0. The Kier molecular flexibility index (Phi) is 4.42. The van der Waals surface area contributed by atoms with Crippen molar-refractivity contribution in [3.63, 3.8) is 0 Å². The number of aromatic nitrogens is 2. The van der Waals surface area contributed by atoms with Gasteiger partial charge in [-0.25, -0.2) is 9.97 Å². The molecule has 0 saturated heterocycles. The van der Waals surface area contributed by atoms with Gasteiger partial charge in [-0.1, -0.05) is 41.5 Å². The summed E-state index contributed by atoms with van der Waals surface area (Å²) in [6.45, 7) is 4.04. The first-order valence-electron chi connectivity index (χ1n) is 5.79. The molecule has 4 nitrogen and oxygen atoms in total. The summed E-state index contributed by atoms with van der Waals surface area (Å²) in [7, 11) is 0. The van der Waals surface area contributed by atoms with Crippen LogP contribution in [-0.2, 0) is 4.79 Å². The minimum atomic E-state index is -0.847. The average molecular weight is 341 g/mol. The van der Waals surface area contributed by atoms with E-state index in [1.54, 1.807) is 0 Å². The first kappa shape index (κ1) is 14.3. The van der Waals surface area contributed by atoms with E-state index in [9.17, 15) is 4.79 Å². The van der Waals surface area contributed by atoms with Crippen molar-refractivity contribution in [2.45, 2.75) is 24.8 Å². The van der Waals surface area contributed by atoms with Gasteiger partial charge in [0.1, 0.15) is 10.9 Å². The number of carbonyl (C=O) groups is 1. The molecule has 0 amide bonds. The lowest BCUT2D eigenvalue weighted by Crippen LogP contribution is -2.03. The number of carboxylic acid groups (broad SMARTS) is 1. The molecule has 0 atom stereocenters. The second kappa shape index (κ2) is 5.88. The summed E-state index contributed by atoms with van der Waals surface area (Å²) < 4.78 is 0.947. The van der Waals surface area contributed by atoms with Crippen molar-refractivity contribution in [2.24, 2.45) is 0 Å². The molecule has 0 bridgehead atoms. The maximum atomic E-state index is 10.7. The molecule has 0 fully saturated rings. The standard InChI is InChI=1S/C13H13BrN2O2S/c1-7(2)12-15-10-5-8(14)3-4-9(10)13(16-12)19-6-11(17)18/h3-5,7H,6H2,1-2H3,(H,17,18). The number of carboxylic acids is 1. The van der Waals surface area contributed by atoms with Gasteiger partial charge in [-0.15, -0.1) is 0 Å². The molecule has 1 heterocycles. The molecule has 0 aliphatic heterocycles. The summed E-state index contributed by atoms with van der Waals surface area (Å²) in [5.74, 6) is 0.0886. The van der Waals surface area contributed by atoms with Crippen molar-refractivity contribution in [1.82, 2.24) is 9.97 Å². The van der Waals surface area contributed by atoms with Crippen molar-refractivity contribution < 1.29 is 9.90 Å². The number of aliphatic carboxylic acids is 1. The van der Waals surface area contributed by atoms with Gasteiger partial charge in [0.25, 0.3) is 0 Å². The van der Waals surface area contributed by atoms with Crippen molar-refractivity contribution in [1.29, 1.82) is 0 Å². The van der Waals surface area contributed by atoms with Crippen LogP contribution in [0.2, 0.25) is 0 Å². The molecular formula is C13H13BrN2O2S. The molecule has 0 aliphatic rings. The molecule has 0 unspecified atom stereocenters. The number of halogens is 1. The van der Waals surface area contributed by atoms with Crippen LogP contribution in [-0.4, -0.2) is 26.8 Å². The van der Waals surface area contributed by atoms with Crippen LogP contribution in [0, 0.1) is 0 Å². The second-order valence-electron chi connectivity index (χ2n) is 4.39. The Balaban J connectivity index is 2.54. The zero-order valence-corrected chi connectivity index (χ0v) is 13.0. The maximum Gasteiger partial charge on any atom is 0.313 e. The van der Waals surface area contributed by atoms with Gasteiger partial charge in [-0.3, -0.25) is 4.79 Å². The SMILES string of the molecule is CC(C)c1nc(SCC(=O)O)c2ccc(Br)cc2n1. The fourth-order valence-corrected chi connectivity index (χ4v) is 2.68. The molecule has 2 aromatic rings. The number of nitrogens with zero attached hydrogens (tertiary/aromatic N) is 2. The summed E-state index contributed by atoms with van der Waals surface area (Å²) in [4.78, 5) is 19.7. The van der Waals surface area contributed by atoms with E-state index < -0.39 is 5.97 Å². The van der Waals surface area contributed by atoms with Crippen LogP contribution >= 0.6 is 27.7 Å². The van der Waals surface area contributed by atoms with Crippen LogP contribution in [0.25, 0.3) is 10.9 Å². The van der Waals surface area contributed by atoms with E-state index >= 15 is 0 Å². The Bertz CT molecular complexity index is 631.